The molecular formula is C28H35N7O. The van der Waals surface area contributed by atoms with Crippen LogP contribution < -0.4 is 5.69 Å². The van der Waals surface area contributed by atoms with Gasteiger partial charge in [-0.1, -0.05) is 57.7 Å². The predicted octanol–water partition coefficient (Wildman–Crippen LogP) is 5.42. The van der Waals surface area contributed by atoms with E-state index in [2.05, 4.69) is 68.4 Å². The second kappa shape index (κ2) is 11.0. The van der Waals surface area contributed by atoms with Crippen LogP contribution in [0, 0.1) is 5.92 Å². The fourth-order valence-electron chi connectivity index (χ4n) is 5.58. The molecule has 1 aromatic carbocycles. The number of benzene rings is 1. The summed E-state index contributed by atoms with van der Waals surface area (Å²) in [6.45, 7) is 4.93. The molecule has 2 unspecified atom stereocenters. The number of nitrogens with one attached hydrogen (secondary N) is 1. The number of H-pyrrole nitrogens is 1. The topological polar surface area (TPSA) is 94.3 Å². The maximum atomic E-state index is 13.7. The van der Waals surface area contributed by atoms with Gasteiger partial charge in [0.2, 0.25) is 0 Å². The zero-order valence-electron chi connectivity index (χ0n) is 21.2. The highest BCUT2D eigenvalue weighted by molar-refractivity contribution is 5.70. The first kappa shape index (κ1) is 24.2. The minimum absolute atomic E-state index is 0.110. The van der Waals surface area contributed by atoms with Crippen molar-refractivity contribution in [1.29, 1.82) is 0 Å². The van der Waals surface area contributed by atoms with Gasteiger partial charge in [-0.2, -0.15) is 0 Å². The van der Waals surface area contributed by atoms with E-state index in [-0.39, 0.29) is 5.69 Å². The smallest absolute Gasteiger partial charge is 0.296 e. The van der Waals surface area contributed by atoms with E-state index in [9.17, 15) is 4.79 Å². The average molecular weight is 486 g/mol. The van der Waals surface area contributed by atoms with Crippen LogP contribution in [0.3, 0.4) is 0 Å². The molecule has 8 heteroatoms. The van der Waals surface area contributed by atoms with Crippen LogP contribution in [-0.2, 0) is 13.0 Å². The van der Waals surface area contributed by atoms with Crippen molar-refractivity contribution in [3.63, 3.8) is 0 Å². The lowest BCUT2D eigenvalue weighted by atomic mass is 9.83. The minimum atomic E-state index is 0.110. The molecule has 4 aromatic rings. The molecule has 1 aliphatic rings. The Morgan fingerprint density at radius 2 is 1.89 bits per heavy atom. The van der Waals surface area contributed by atoms with Crippen LogP contribution in [0.25, 0.3) is 22.5 Å². The van der Waals surface area contributed by atoms with Crippen LogP contribution in [-0.4, -0.2) is 34.7 Å². The first-order chi connectivity index (χ1) is 17.7. The minimum Gasteiger partial charge on any atom is -0.296 e. The van der Waals surface area contributed by atoms with E-state index in [0.717, 1.165) is 60.2 Å². The molecule has 5 rings (SSSR count). The Bertz CT molecular complexity index is 1340. The van der Waals surface area contributed by atoms with E-state index in [1.807, 2.05) is 29.0 Å². The summed E-state index contributed by atoms with van der Waals surface area (Å²) in [5.41, 5.74) is 5.14. The Morgan fingerprint density at radius 1 is 1.06 bits per heavy atom. The molecule has 1 fully saturated rings. The Morgan fingerprint density at radius 3 is 2.69 bits per heavy atom. The number of pyridine rings is 1. The van der Waals surface area contributed by atoms with Gasteiger partial charge < -0.3 is 0 Å². The Labute approximate surface area is 211 Å². The average Bonchev–Trinajstić information content (AvgIpc) is 3.57. The molecule has 188 valence electrons. The molecule has 3 heterocycles. The largest absolute Gasteiger partial charge is 0.328 e. The van der Waals surface area contributed by atoms with Crippen molar-refractivity contribution >= 4 is 0 Å². The third-order valence-electron chi connectivity index (χ3n) is 7.58. The van der Waals surface area contributed by atoms with E-state index < -0.39 is 0 Å². The molecule has 1 saturated carbocycles. The Hall–Kier alpha value is -3.55. The number of hydrogen-bond acceptors (Lipinski definition) is 5. The second-order valence-corrected chi connectivity index (χ2v) is 9.89. The molecule has 0 amide bonds. The molecule has 1 N–H and O–H groups in total. The van der Waals surface area contributed by atoms with Gasteiger partial charge >= 0.3 is 5.69 Å². The van der Waals surface area contributed by atoms with Gasteiger partial charge in [0.25, 0.3) is 0 Å². The lowest BCUT2D eigenvalue weighted by Crippen LogP contribution is -2.33. The number of rotatable bonds is 9. The zero-order chi connectivity index (χ0) is 24.9. The van der Waals surface area contributed by atoms with Gasteiger partial charge in [-0.15, -0.1) is 5.10 Å². The fourth-order valence-corrected chi connectivity index (χ4v) is 5.58. The molecule has 0 aliphatic heterocycles. The summed E-state index contributed by atoms with van der Waals surface area (Å²) in [6, 6.07) is 12.5. The number of aromatic nitrogens is 7. The van der Waals surface area contributed by atoms with Crippen LogP contribution in [0.1, 0.15) is 76.2 Å². The maximum absolute atomic E-state index is 13.7. The summed E-state index contributed by atoms with van der Waals surface area (Å²) in [7, 11) is 0. The van der Waals surface area contributed by atoms with Crippen molar-refractivity contribution in [2.45, 2.75) is 77.8 Å². The molecule has 1 aliphatic carbocycles. The van der Waals surface area contributed by atoms with Gasteiger partial charge in [-0.25, -0.2) is 9.89 Å². The highest BCUT2D eigenvalue weighted by atomic mass is 16.1. The van der Waals surface area contributed by atoms with Crippen LogP contribution in [0.2, 0.25) is 0 Å². The molecular weight excluding hydrogens is 450 g/mol. The summed E-state index contributed by atoms with van der Waals surface area (Å²) in [4.78, 5) is 18.4. The SMILES string of the molecule is CCCCc1cn(C2CCCCC2CC)c(=O)n1Cc1cc(-c2cccc(-c3nnn[nH]3)c2)ccn1. The summed E-state index contributed by atoms with van der Waals surface area (Å²) >= 11 is 0. The lowest BCUT2D eigenvalue weighted by molar-refractivity contribution is 0.227. The monoisotopic (exact) mass is 485 g/mol. The van der Waals surface area contributed by atoms with Crippen LogP contribution in [0.5, 0.6) is 0 Å². The van der Waals surface area contributed by atoms with Gasteiger partial charge in [-0.3, -0.25) is 14.1 Å². The number of aromatic amines is 1. The number of imidazole rings is 1. The maximum Gasteiger partial charge on any atom is 0.328 e. The van der Waals surface area contributed by atoms with Crippen molar-refractivity contribution in [2.75, 3.05) is 0 Å². The van der Waals surface area contributed by atoms with Crippen molar-refractivity contribution in [1.82, 2.24) is 34.7 Å². The lowest BCUT2D eigenvalue weighted by Gasteiger charge is -2.31. The fraction of sp³-hybridized carbons (Fsp3) is 0.464. The van der Waals surface area contributed by atoms with Gasteiger partial charge in [-0.05, 0) is 71.4 Å². The molecule has 2 atom stereocenters. The third kappa shape index (κ3) is 5.03. The molecule has 36 heavy (non-hydrogen) atoms. The standard InChI is InChI=1S/C28H35N7O/c1-3-5-12-25-19-35(26-13-7-6-9-20(26)4-2)28(36)34(25)18-24-17-22(14-15-29-24)21-10-8-11-23(16-21)27-30-32-33-31-27/h8,10-11,14-17,19-20,26H,3-7,9,12-13,18H2,1-2H3,(H,30,31,32,33). The van der Waals surface area contributed by atoms with Crippen molar-refractivity contribution < 1.29 is 0 Å². The van der Waals surface area contributed by atoms with Crippen molar-refractivity contribution in [3.8, 4) is 22.5 Å². The van der Waals surface area contributed by atoms with E-state index in [0.29, 0.717) is 24.3 Å². The molecule has 8 nitrogen and oxygen atoms in total. The number of nitrogens with zero attached hydrogens (tertiary/aromatic N) is 6. The number of unbranched alkanes of at least 4 members (excludes halogenated alkanes) is 1. The predicted molar refractivity (Wildman–Crippen MR) is 141 cm³/mol. The van der Waals surface area contributed by atoms with Gasteiger partial charge in [0.1, 0.15) is 0 Å². The summed E-state index contributed by atoms with van der Waals surface area (Å²) in [5, 5.41) is 14.2. The molecule has 0 bridgehead atoms. The highest BCUT2D eigenvalue weighted by Crippen LogP contribution is 2.35. The van der Waals surface area contributed by atoms with E-state index in [1.165, 1.54) is 19.3 Å². The summed E-state index contributed by atoms with van der Waals surface area (Å²) < 4.78 is 4.01. The van der Waals surface area contributed by atoms with E-state index in [4.69, 9.17) is 0 Å². The molecule has 0 spiro atoms. The number of tetrazole rings is 1. The first-order valence-electron chi connectivity index (χ1n) is 13.3. The van der Waals surface area contributed by atoms with E-state index >= 15 is 0 Å². The van der Waals surface area contributed by atoms with Gasteiger partial charge in [0.15, 0.2) is 5.82 Å². The zero-order valence-corrected chi connectivity index (χ0v) is 21.2. The summed E-state index contributed by atoms with van der Waals surface area (Å²) in [5.74, 6) is 1.22. The Balaban J connectivity index is 1.46. The van der Waals surface area contributed by atoms with Crippen molar-refractivity contribution in [3.05, 3.63) is 70.7 Å². The van der Waals surface area contributed by atoms with Crippen LogP contribution >= 0.6 is 0 Å². The van der Waals surface area contributed by atoms with E-state index in [1.54, 1.807) is 0 Å². The molecule has 3 aromatic heterocycles. The first-order valence-corrected chi connectivity index (χ1v) is 13.3. The Kier molecular flexibility index (Phi) is 7.39. The number of aryl methyl sites for hydroxylation is 1. The van der Waals surface area contributed by atoms with Gasteiger partial charge in [0.05, 0.1) is 12.2 Å². The third-order valence-corrected chi connectivity index (χ3v) is 7.58. The normalized spacial score (nSPS) is 17.9. The molecule has 0 saturated heterocycles. The van der Waals surface area contributed by atoms with Crippen LogP contribution in [0.4, 0.5) is 0 Å². The summed E-state index contributed by atoms with van der Waals surface area (Å²) in [6.07, 6.45) is 13.0. The number of hydrogen-bond donors (Lipinski definition) is 1. The quantitative estimate of drug-likeness (QED) is 0.341. The van der Waals surface area contributed by atoms with Crippen molar-refractivity contribution in [2.24, 2.45) is 5.92 Å². The van der Waals surface area contributed by atoms with Gasteiger partial charge in [0, 0.05) is 29.7 Å². The van der Waals surface area contributed by atoms with Crippen LogP contribution in [0.15, 0.2) is 53.6 Å². The second-order valence-electron chi connectivity index (χ2n) is 9.89. The highest BCUT2D eigenvalue weighted by Gasteiger charge is 2.28. The molecule has 0 radical (unpaired) electrons.